The van der Waals surface area contributed by atoms with E-state index in [0.717, 1.165) is 19.3 Å². The van der Waals surface area contributed by atoms with E-state index in [0.29, 0.717) is 25.3 Å². The Kier molecular flexibility index (Phi) is 6.28. The zero-order valence-electron chi connectivity index (χ0n) is 17.3. The lowest BCUT2D eigenvalue weighted by Crippen LogP contribution is -2.56. The molecule has 2 unspecified atom stereocenters. The summed E-state index contributed by atoms with van der Waals surface area (Å²) in [6, 6.07) is 8.38. The predicted molar refractivity (Wildman–Crippen MR) is 109 cm³/mol. The summed E-state index contributed by atoms with van der Waals surface area (Å²) in [7, 11) is 3.37. The molecule has 0 radical (unpaired) electrons. The number of aryl methyl sites for hydroxylation is 1. The second kappa shape index (κ2) is 8.52. The van der Waals surface area contributed by atoms with Crippen LogP contribution in [0.25, 0.3) is 0 Å². The van der Waals surface area contributed by atoms with Gasteiger partial charge in [0, 0.05) is 32.6 Å². The standard InChI is InChI=1S/C22H33N3O3/c1-16(18-11-6-9-17-8-4-5-10-19(17)18)23-21(27)25-13-7-12-22(28,15-25)14-20(26)24(2)3/h4-5,8,10,16,18,28H,6-7,9,11-15H2,1-3H3,(H,23,27)/t16-,18?,22?/m1/s1. The molecule has 1 aromatic rings. The van der Waals surface area contributed by atoms with Crippen LogP contribution in [0.1, 0.15) is 56.1 Å². The van der Waals surface area contributed by atoms with Crippen LogP contribution < -0.4 is 5.32 Å². The lowest BCUT2D eigenvalue weighted by atomic mass is 9.79. The first-order valence-electron chi connectivity index (χ1n) is 10.3. The predicted octanol–water partition coefficient (Wildman–Crippen LogP) is 2.51. The van der Waals surface area contributed by atoms with Crippen molar-refractivity contribution in [1.29, 1.82) is 0 Å². The fourth-order valence-electron chi connectivity index (χ4n) is 4.57. The van der Waals surface area contributed by atoms with Gasteiger partial charge in [-0.25, -0.2) is 4.79 Å². The molecule has 28 heavy (non-hydrogen) atoms. The van der Waals surface area contributed by atoms with Gasteiger partial charge in [-0.1, -0.05) is 24.3 Å². The monoisotopic (exact) mass is 387 g/mol. The summed E-state index contributed by atoms with van der Waals surface area (Å²) in [6.45, 7) is 2.88. The molecule has 0 bridgehead atoms. The molecule has 0 spiro atoms. The topological polar surface area (TPSA) is 72.9 Å². The summed E-state index contributed by atoms with van der Waals surface area (Å²) in [4.78, 5) is 28.1. The Hall–Kier alpha value is -2.08. The van der Waals surface area contributed by atoms with E-state index in [2.05, 4.69) is 36.5 Å². The summed E-state index contributed by atoms with van der Waals surface area (Å²) in [5.41, 5.74) is 1.58. The highest BCUT2D eigenvalue weighted by Crippen LogP contribution is 2.34. The zero-order valence-corrected chi connectivity index (χ0v) is 17.3. The molecule has 154 valence electrons. The summed E-state index contributed by atoms with van der Waals surface area (Å²) in [5.74, 6) is 0.199. The van der Waals surface area contributed by atoms with Crippen LogP contribution >= 0.6 is 0 Å². The maximum absolute atomic E-state index is 12.9. The Labute approximate surface area is 167 Å². The van der Waals surface area contributed by atoms with E-state index in [1.165, 1.54) is 16.0 Å². The molecular formula is C22H33N3O3. The molecule has 1 aromatic carbocycles. The number of likely N-dealkylation sites (tertiary alicyclic amines) is 1. The highest BCUT2D eigenvalue weighted by Gasteiger charge is 2.38. The summed E-state index contributed by atoms with van der Waals surface area (Å²) >= 11 is 0. The van der Waals surface area contributed by atoms with Crippen LogP contribution in [-0.4, -0.2) is 65.7 Å². The molecule has 3 amide bonds. The van der Waals surface area contributed by atoms with Crippen molar-refractivity contribution in [2.75, 3.05) is 27.2 Å². The Balaban J connectivity index is 1.62. The van der Waals surface area contributed by atoms with Gasteiger partial charge >= 0.3 is 6.03 Å². The van der Waals surface area contributed by atoms with Crippen molar-refractivity contribution in [2.24, 2.45) is 0 Å². The number of carbonyl (C=O) groups is 2. The molecule has 0 aromatic heterocycles. The zero-order chi connectivity index (χ0) is 20.3. The Morgan fingerprint density at radius 2 is 2.07 bits per heavy atom. The molecule has 3 rings (SSSR count). The number of piperidine rings is 1. The van der Waals surface area contributed by atoms with Gasteiger partial charge in [0.25, 0.3) is 0 Å². The molecule has 3 atom stereocenters. The number of hydrogen-bond acceptors (Lipinski definition) is 3. The number of fused-ring (bicyclic) bond motifs is 1. The first-order valence-corrected chi connectivity index (χ1v) is 10.3. The molecule has 1 aliphatic heterocycles. The van der Waals surface area contributed by atoms with Crippen molar-refractivity contribution in [3.8, 4) is 0 Å². The van der Waals surface area contributed by atoms with E-state index in [1.54, 1.807) is 19.0 Å². The summed E-state index contributed by atoms with van der Waals surface area (Å²) < 4.78 is 0. The minimum Gasteiger partial charge on any atom is -0.387 e. The molecule has 0 saturated carbocycles. The third kappa shape index (κ3) is 4.66. The van der Waals surface area contributed by atoms with E-state index in [4.69, 9.17) is 0 Å². The van der Waals surface area contributed by atoms with Crippen LogP contribution in [0.15, 0.2) is 24.3 Å². The molecule has 1 aliphatic carbocycles. The lowest BCUT2D eigenvalue weighted by molar-refractivity contribution is -0.135. The highest BCUT2D eigenvalue weighted by atomic mass is 16.3. The quantitative estimate of drug-likeness (QED) is 0.834. The minimum atomic E-state index is -1.14. The van der Waals surface area contributed by atoms with Crippen molar-refractivity contribution >= 4 is 11.9 Å². The Bertz CT molecular complexity index is 721. The fourth-order valence-corrected chi connectivity index (χ4v) is 4.57. The van der Waals surface area contributed by atoms with E-state index < -0.39 is 5.60 Å². The first-order chi connectivity index (χ1) is 13.3. The number of urea groups is 1. The number of rotatable bonds is 4. The molecule has 1 heterocycles. The number of nitrogens with zero attached hydrogens (tertiary/aromatic N) is 2. The van der Waals surface area contributed by atoms with Gasteiger partial charge in [-0.2, -0.15) is 0 Å². The van der Waals surface area contributed by atoms with Crippen LogP contribution in [-0.2, 0) is 11.2 Å². The lowest BCUT2D eigenvalue weighted by Gasteiger charge is -2.40. The second-order valence-corrected chi connectivity index (χ2v) is 8.65. The van der Waals surface area contributed by atoms with Gasteiger partial charge in [0.1, 0.15) is 0 Å². The highest BCUT2D eigenvalue weighted by molar-refractivity contribution is 5.77. The number of amides is 3. The van der Waals surface area contributed by atoms with Crippen LogP contribution in [0.3, 0.4) is 0 Å². The van der Waals surface area contributed by atoms with Crippen molar-refractivity contribution in [1.82, 2.24) is 15.1 Å². The average Bonchev–Trinajstić information content (AvgIpc) is 2.67. The molecule has 2 N–H and O–H groups in total. The van der Waals surface area contributed by atoms with Crippen LogP contribution in [0.2, 0.25) is 0 Å². The Morgan fingerprint density at radius 1 is 1.32 bits per heavy atom. The van der Waals surface area contributed by atoms with E-state index in [-0.39, 0.29) is 30.9 Å². The normalized spacial score (nSPS) is 25.6. The third-order valence-electron chi connectivity index (χ3n) is 6.19. The molecule has 6 heteroatoms. The minimum absolute atomic E-state index is 0.0207. The van der Waals surface area contributed by atoms with Crippen molar-refractivity contribution < 1.29 is 14.7 Å². The van der Waals surface area contributed by atoms with Crippen LogP contribution in [0.5, 0.6) is 0 Å². The number of aliphatic hydroxyl groups is 1. The molecule has 1 fully saturated rings. The van der Waals surface area contributed by atoms with Gasteiger partial charge in [0.15, 0.2) is 0 Å². The summed E-state index contributed by atoms with van der Waals surface area (Å²) in [5, 5.41) is 14.0. The van der Waals surface area contributed by atoms with Crippen molar-refractivity contribution in [3.63, 3.8) is 0 Å². The number of benzene rings is 1. The number of β-amino-alcohol motifs (C(OH)–C–C–N with tert-alkyl or cyclic N) is 1. The van der Waals surface area contributed by atoms with Gasteiger partial charge in [0.05, 0.1) is 18.6 Å². The Morgan fingerprint density at radius 3 is 2.82 bits per heavy atom. The van der Waals surface area contributed by atoms with Gasteiger partial charge in [0.2, 0.25) is 5.91 Å². The van der Waals surface area contributed by atoms with Gasteiger partial charge in [-0.05, 0) is 50.2 Å². The smallest absolute Gasteiger partial charge is 0.317 e. The third-order valence-corrected chi connectivity index (χ3v) is 6.19. The van der Waals surface area contributed by atoms with Crippen molar-refractivity contribution in [2.45, 2.75) is 63.0 Å². The maximum atomic E-state index is 12.9. The average molecular weight is 388 g/mol. The first kappa shape index (κ1) is 20.6. The van der Waals surface area contributed by atoms with Gasteiger partial charge < -0.3 is 20.2 Å². The van der Waals surface area contributed by atoms with E-state index in [9.17, 15) is 14.7 Å². The second-order valence-electron chi connectivity index (χ2n) is 8.65. The number of carbonyl (C=O) groups excluding carboxylic acids is 2. The van der Waals surface area contributed by atoms with Crippen LogP contribution in [0.4, 0.5) is 4.79 Å². The van der Waals surface area contributed by atoms with Gasteiger partial charge in [-0.15, -0.1) is 0 Å². The SMILES string of the molecule is C[C@@H](NC(=O)N1CCCC(O)(CC(=O)N(C)C)C1)C1CCCc2ccccc21. The molecule has 2 aliphatic rings. The fraction of sp³-hybridized carbons (Fsp3) is 0.636. The molecule has 1 saturated heterocycles. The van der Waals surface area contributed by atoms with Crippen molar-refractivity contribution in [3.05, 3.63) is 35.4 Å². The molecular weight excluding hydrogens is 354 g/mol. The van der Waals surface area contributed by atoms with E-state index >= 15 is 0 Å². The maximum Gasteiger partial charge on any atom is 0.317 e. The van der Waals surface area contributed by atoms with Crippen LogP contribution in [0, 0.1) is 0 Å². The molecule has 6 nitrogen and oxygen atoms in total. The number of nitrogens with one attached hydrogen (secondary N) is 1. The largest absolute Gasteiger partial charge is 0.387 e. The summed E-state index contributed by atoms with van der Waals surface area (Å²) in [6.07, 6.45) is 4.60. The number of hydrogen-bond donors (Lipinski definition) is 2. The van der Waals surface area contributed by atoms with Gasteiger partial charge in [-0.3, -0.25) is 4.79 Å². The van der Waals surface area contributed by atoms with E-state index in [1.807, 2.05) is 0 Å².